The van der Waals surface area contributed by atoms with Crippen molar-refractivity contribution in [2.24, 2.45) is 0 Å². The highest BCUT2D eigenvalue weighted by Gasteiger charge is 2.13. The number of carbonyl (C=O) groups is 2. The normalized spacial score (nSPS) is 12.2. The van der Waals surface area contributed by atoms with E-state index in [1.807, 2.05) is 0 Å². The molecule has 0 spiro atoms. The molecule has 1 heterocycles. The first-order chi connectivity index (χ1) is 12.2. The molecule has 0 radical (unpaired) electrons. The second-order valence-corrected chi connectivity index (χ2v) is 5.22. The largest absolute Gasteiger partial charge is 0.493 e. The van der Waals surface area contributed by atoms with Gasteiger partial charge in [0.25, 0.3) is 5.91 Å². The van der Waals surface area contributed by atoms with Gasteiger partial charge in [0.2, 0.25) is 0 Å². The van der Waals surface area contributed by atoms with Gasteiger partial charge in [0, 0.05) is 17.3 Å². The molecule has 25 heavy (non-hydrogen) atoms. The lowest BCUT2D eigenvalue weighted by Crippen LogP contribution is -2.21. The van der Waals surface area contributed by atoms with Gasteiger partial charge >= 0.3 is 0 Å². The van der Waals surface area contributed by atoms with Crippen molar-refractivity contribution in [2.75, 3.05) is 32.2 Å². The lowest BCUT2D eigenvalue weighted by molar-refractivity contribution is -0.118. The van der Waals surface area contributed by atoms with Gasteiger partial charge in [0.15, 0.2) is 29.6 Å². The van der Waals surface area contributed by atoms with E-state index in [1.165, 1.54) is 7.11 Å². The third-order valence-corrected chi connectivity index (χ3v) is 3.51. The zero-order chi connectivity index (χ0) is 17.6. The Hall–Kier alpha value is -3.22. The monoisotopic (exact) mass is 343 g/mol. The molecular formula is C18H17NO6. The lowest BCUT2D eigenvalue weighted by Gasteiger charge is -2.19. The van der Waals surface area contributed by atoms with E-state index in [9.17, 15) is 9.59 Å². The summed E-state index contributed by atoms with van der Waals surface area (Å²) in [5.41, 5.74) is 1.05. The Bertz CT molecular complexity index is 789. The fourth-order valence-corrected chi connectivity index (χ4v) is 2.34. The van der Waals surface area contributed by atoms with Crippen molar-refractivity contribution in [1.29, 1.82) is 0 Å². The molecule has 0 aromatic heterocycles. The number of benzene rings is 2. The highest BCUT2D eigenvalue weighted by atomic mass is 16.6. The van der Waals surface area contributed by atoms with Gasteiger partial charge in [-0.1, -0.05) is 0 Å². The van der Waals surface area contributed by atoms with E-state index in [1.54, 1.807) is 36.4 Å². The highest BCUT2D eigenvalue weighted by molar-refractivity contribution is 5.92. The molecule has 0 unspecified atom stereocenters. The fraction of sp³-hybridized carbons (Fsp3) is 0.222. The van der Waals surface area contributed by atoms with Crippen molar-refractivity contribution >= 4 is 17.9 Å². The van der Waals surface area contributed by atoms with Gasteiger partial charge < -0.3 is 24.3 Å². The molecule has 3 rings (SSSR count). The molecule has 0 atom stereocenters. The number of methoxy groups -OCH3 is 1. The molecule has 1 aliphatic heterocycles. The average Bonchev–Trinajstić information content (AvgIpc) is 2.66. The molecule has 1 N–H and O–H groups in total. The standard InChI is InChI=1S/C18H17NO6/c1-22-16-8-12(10-20)2-4-14(16)25-11-18(21)19-13-3-5-15-17(9-13)24-7-6-23-15/h2-5,8-10H,6-7,11H2,1H3,(H,19,21). The number of rotatable bonds is 6. The van der Waals surface area contributed by atoms with E-state index in [0.29, 0.717) is 53.7 Å². The Morgan fingerprint density at radius 3 is 2.68 bits per heavy atom. The topological polar surface area (TPSA) is 83.1 Å². The molecule has 2 aromatic rings. The number of hydrogen-bond acceptors (Lipinski definition) is 6. The first kappa shape index (κ1) is 16.6. The molecule has 1 aliphatic rings. The quantitative estimate of drug-likeness (QED) is 0.811. The second-order valence-electron chi connectivity index (χ2n) is 5.22. The molecule has 0 saturated heterocycles. The molecule has 0 aliphatic carbocycles. The maximum absolute atomic E-state index is 12.1. The number of anilines is 1. The molecule has 7 nitrogen and oxygen atoms in total. The van der Waals surface area contributed by atoms with Crippen molar-refractivity contribution in [3.05, 3.63) is 42.0 Å². The lowest BCUT2D eigenvalue weighted by atomic mass is 10.2. The third kappa shape index (κ3) is 4.00. The number of hydrogen-bond donors (Lipinski definition) is 1. The summed E-state index contributed by atoms with van der Waals surface area (Å²) in [5, 5.41) is 2.73. The van der Waals surface area contributed by atoms with Gasteiger partial charge in [0.05, 0.1) is 7.11 Å². The van der Waals surface area contributed by atoms with Crippen LogP contribution in [0.1, 0.15) is 10.4 Å². The molecular weight excluding hydrogens is 326 g/mol. The number of aldehydes is 1. The van der Waals surface area contributed by atoms with Crippen LogP contribution in [0, 0.1) is 0 Å². The van der Waals surface area contributed by atoms with Crippen LogP contribution in [0.5, 0.6) is 23.0 Å². The zero-order valence-corrected chi connectivity index (χ0v) is 13.6. The average molecular weight is 343 g/mol. The van der Waals surface area contributed by atoms with Gasteiger partial charge in [-0.15, -0.1) is 0 Å². The van der Waals surface area contributed by atoms with Crippen LogP contribution in [-0.2, 0) is 4.79 Å². The van der Waals surface area contributed by atoms with Crippen LogP contribution in [0.4, 0.5) is 5.69 Å². The van der Waals surface area contributed by atoms with Crippen LogP contribution >= 0.6 is 0 Å². The van der Waals surface area contributed by atoms with Gasteiger partial charge in [-0.2, -0.15) is 0 Å². The molecule has 130 valence electrons. The Morgan fingerprint density at radius 1 is 1.12 bits per heavy atom. The maximum Gasteiger partial charge on any atom is 0.262 e. The number of amides is 1. The number of ether oxygens (including phenoxy) is 4. The Balaban J connectivity index is 1.61. The van der Waals surface area contributed by atoms with Crippen molar-refractivity contribution in [3.63, 3.8) is 0 Å². The van der Waals surface area contributed by atoms with Crippen LogP contribution in [0.3, 0.4) is 0 Å². The predicted molar refractivity (Wildman–Crippen MR) is 89.9 cm³/mol. The van der Waals surface area contributed by atoms with Gasteiger partial charge in [-0.05, 0) is 30.3 Å². The van der Waals surface area contributed by atoms with Gasteiger partial charge in [-0.3, -0.25) is 9.59 Å². The van der Waals surface area contributed by atoms with Crippen LogP contribution in [0.25, 0.3) is 0 Å². The molecule has 0 saturated carbocycles. The molecule has 0 fully saturated rings. The second kappa shape index (κ2) is 7.57. The smallest absolute Gasteiger partial charge is 0.262 e. The van der Waals surface area contributed by atoms with Gasteiger partial charge in [0.1, 0.15) is 19.5 Å². The van der Waals surface area contributed by atoms with Gasteiger partial charge in [-0.25, -0.2) is 0 Å². The highest BCUT2D eigenvalue weighted by Crippen LogP contribution is 2.32. The minimum Gasteiger partial charge on any atom is -0.493 e. The van der Waals surface area contributed by atoms with Crippen molar-refractivity contribution < 1.29 is 28.5 Å². The fourth-order valence-electron chi connectivity index (χ4n) is 2.34. The Morgan fingerprint density at radius 2 is 1.92 bits per heavy atom. The van der Waals surface area contributed by atoms with E-state index in [0.717, 1.165) is 0 Å². The summed E-state index contributed by atoms with van der Waals surface area (Å²) in [4.78, 5) is 22.8. The first-order valence-electron chi connectivity index (χ1n) is 7.65. The van der Waals surface area contributed by atoms with Crippen molar-refractivity contribution in [3.8, 4) is 23.0 Å². The summed E-state index contributed by atoms with van der Waals surface area (Å²) in [7, 11) is 1.46. The summed E-state index contributed by atoms with van der Waals surface area (Å²) in [6, 6.07) is 9.88. The molecule has 0 bridgehead atoms. The van der Waals surface area contributed by atoms with Crippen LogP contribution in [0.2, 0.25) is 0 Å². The summed E-state index contributed by atoms with van der Waals surface area (Å²) in [6.45, 7) is 0.784. The van der Waals surface area contributed by atoms with Crippen molar-refractivity contribution in [2.45, 2.75) is 0 Å². The van der Waals surface area contributed by atoms with Crippen LogP contribution < -0.4 is 24.3 Å². The van der Waals surface area contributed by atoms with E-state index >= 15 is 0 Å². The van der Waals surface area contributed by atoms with E-state index in [-0.39, 0.29) is 12.5 Å². The summed E-state index contributed by atoms with van der Waals surface area (Å²) < 4.78 is 21.5. The minimum absolute atomic E-state index is 0.203. The predicted octanol–water partition coefficient (Wildman–Crippen LogP) is 2.30. The number of carbonyl (C=O) groups excluding carboxylic acids is 2. The summed E-state index contributed by atoms with van der Waals surface area (Å²) in [5.74, 6) is 1.68. The number of nitrogens with one attached hydrogen (secondary N) is 1. The van der Waals surface area contributed by atoms with E-state index < -0.39 is 0 Å². The van der Waals surface area contributed by atoms with Crippen LogP contribution in [0.15, 0.2) is 36.4 Å². The maximum atomic E-state index is 12.1. The third-order valence-electron chi connectivity index (χ3n) is 3.51. The van der Waals surface area contributed by atoms with Crippen molar-refractivity contribution in [1.82, 2.24) is 0 Å². The van der Waals surface area contributed by atoms with Crippen LogP contribution in [-0.4, -0.2) is 39.1 Å². The Kier molecular flexibility index (Phi) is 5.03. The molecule has 1 amide bonds. The Labute approximate surface area is 144 Å². The molecule has 7 heteroatoms. The summed E-state index contributed by atoms with van der Waals surface area (Å²) >= 11 is 0. The zero-order valence-electron chi connectivity index (χ0n) is 13.6. The van der Waals surface area contributed by atoms with E-state index in [4.69, 9.17) is 18.9 Å². The SMILES string of the molecule is COc1cc(C=O)ccc1OCC(=O)Nc1ccc2c(c1)OCCO2. The first-order valence-corrected chi connectivity index (χ1v) is 7.65. The molecule has 2 aromatic carbocycles. The minimum atomic E-state index is -0.335. The number of fused-ring (bicyclic) bond motifs is 1. The van der Waals surface area contributed by atoms with E-state index in [2.05, 4.69) is 5.32 Å². The summed E-state index contributed by atoms with van der Waals surface area (Å²) in [6.07, 6.45) is 0.709.